The van der Waals surface area contributed by atoms with Gasteiger partial charge >= 0.3 is 5.97 Å². The highest BCUT2D eigenvalue weighted by Crippen LogP contribution is 2.23. The second-order valence-corrected chi connectivity index (χ2v) is 6.69. The third-order valence-electron chi connectivity index (χ3n) is 4.37. The van der Waals surface area contributed by atoms with Crippen LogP contribution in [0.15, 0.2) is 84.9 Å². The summed E-state index contributed by atoms with van der Waals surface area (Å²) in [6, 6.07) is 25.4. The molecule has 3 rings (SSSR count). The fourth-order valence-electron chi connectivity index (χ4n) is 2.82. The first-order valence-electron chi connectivity index (χ1n) is 9.29. The predicted molar refractivity (Wildman–Crippen MR) is 111 cm³/mol. The average Bonchev–Trinajstić information content (AvgIpc) is 2.77. The molecule has 0 aliphatic heterocycles. The summed E-state index contributed by atoms with van der Waals surface area (Å²) in [6.45, 7) is 0.215. The van der Waals surface area contributed by atoms with Gasteiger partial charge in [-0.15, -0.1) is 0 Å². The third kappa shape index (κ3) is 5.23. The molecule has 0 bridgehead atoms. The first-order chi connectivity index (χ1) is 14.1. The molecule has 0 radical (unpaired) electrons. The van der Waals surface area contributed by atoms with Crippen molar-refractivity contribution in [3.8, 4) is 5.75 Å². The van der Waals surface area contributed by atoms with Crippen LogP contribution in [0.3, 0.4) is 0 Å². The molecule has 0 aliphatic carbocycles. The molecule has 0 fully saturated rings. The zero-order valence-electron chi connectivity index (χ0n) is 16.4. The van der Waals surface area contributed by atoms with E-state index in [0.29, 0.717) is 22.4 Å². The molecule has 1 amide bonds. The molecule has 148 valence electrons. The minimum Gasteiger partial charge on any atom is -0.489 e. The van der Waals surface area contributed by atoms with Crippen LogP contribution in [0.25, 0.3) is 0 Å². The van der Waals surface area contributed by atoms with Crippen LogP contribution in [0, 0.1) is 0 Å². The van der Waals surface area contributed by atoms with E-state index in [1.54, 1.807) is 50.5 Å². The number of rotatable bonds is 7. The lowest BCUT2D eigenvalue weighted by Crippen LogP contribution is -2.31. The maximum Gasteiger partial charge on any atom is 0.339 e. The van der Waals surface area contributed by atoms with Crippen molar-refractivity contribution >= 4 is 11.9 Å². The van der Waals surface area contributed by atoms with Gasteiger partial charge in [-0.25, -0.2) is 4.79 Å². The van der Waals surface area contributed by atoms with Gasteiger partial charge in [-0.05, 0) is 18.2 Å². The van der Waals surface area contributed by atoms with Gasteiger partial charge in [0.15, 0.2) is 0 Å². The van der Waals surface area contributed by atoms with E-state index in [0.717, 1.165) is 0 Å². The summed E-state index contributed by atoms with van der Waals surface area (Å²) in [5, 5.41) is 0. The van der Waals surface area contributed by atoms with E-state index in [2.05, 4.69) is 0 Å². The van der Waals surface area contributed by atoms with Crippen LogP contribution in [0.2, 0.25) is 0 Å². The summed E-state index contributed by atoms with van der Waals surface area (Å²) in [5.74, 6) is -0.163. The fourth-order valence-corrected chi connectivity index (χ4v) is 2.82. The Bertz CT molecular complexity index is 955. The van der Waals surface area contributed by atoms with Gasteiger partial charge in [0.25, 0.3) is 5.91 Å². The molecule has 3 aromatic rings. The van der Waals surface area contributed by atoms with E-state index in [1.165, 1.54) is 4.90 Å². The van der Waals surface area contributed by atoms with Gasteiger partial charge in [-0.2, -0.15) is 0 Å². The van der Waals surface area contributed by atoms with Crippen LogP contribution >= 0.6 is 0 Å². The number of likely N-dealkylation sites (N-methyl/N-ethyl adjacent to an activating group) is 1. The Labute approximate surface area is 170 Å². The molecule has 0 unspecified atom stereocenters. The van der Waals surface area contributed by atoms with Crippen LogP contribution in [-0.4, -0.2) is 30.9 Å². The van der Waals surface area contributed by atoms with Crippen molar-refractivity contribution in [1.29, 1.82) is 0 Å². The molecule has 29 heavy (non-hydrogen) atoms. The fraction of sp³-hybridized carbons (Fsp3) is 0.167. The Kier molecular flexibility index (Phi) is 6.63. The second kappa shape index (κ2) is 9.55. The van der Waals surface area contributed by atoms with Crippen molar-refractivity contribution < 1.29 is 19.1 Å². The molecular formula is C24H23NO4. The number of hydrogen-bond acceptors (Lipinski definition) is 4. The summed E-state index contributed by atoms with van der Waals surface area (Å²) < 4.78 is 11.4. The van der Waals surface area contributed by atoms with Crippen molar-refractivity contribution in [3.05, 3.63) is 102 Å². The maximum absolute atomic E-state index is 12.9. The quantitative estimate of drug-likeness (QED) is 0.567. The summed E-state index contributed by atoms with van der Waals surface area (Å²) in [4.78, 5) is 27.0. The largest absolute Gasteiger partial charge is 0.489 e. The van der Waals surface area contributed by atoms with Crippen LogP contribution in [-0.2, 0) is 16.1 Å². The lowest BCUT2D eigenvalue weighted by molar-refractivity contribution is -0.138. The standard InChI is InChI=1S/C24H23NO4/c1-25(2)23(26)22(18-11-5-3-6-12-18)29-24(27)21-16-10-9-13-19(21)17-28-20-14-7-4-8-15-20/h3-16,22H,17H2,1-2H3/t22-/m1/s1. The number of esters is 1. The molecule has 1 atom stereocenters. The van der Waals surface area contributed by atoms with E-state index in [-0.39, 0.29) is 12.5 Å². The van der Waals surface area contributed by atoms with E-state index in [9.17, 15) is 9.59 Å². The second-order valence-electron chi connectivity index (χ2n) is 6.69. The highest BCUT2D eigenvalue weighted by atomic mass is 16.5. The molecule has 5 nitrogen and oxygen atoms in total. The van der Waals surface area contributed by atoms with Gasteiger partial charge in [-0.1, -0.05) is 66.7 Å². The Balaban J connectivity index is 1.80. The number of benzene rings is 3. The smallest absolute Gasteiger partial charge is 0.339 e. The van der Waals surface area contributed by atoms with Gasteiger partial charge in [0.2, 0.25) is 6.10 Å². The minimum absolute atomic E-state index is 0.215. The van der Waals surface area contributed by atoms with Crippen molar-refractivity contribution in [2.75, 3.05) is 14.1 Å². The van der Waals surface area contributed by atoms with Crippen molar-refractivity contribution in [2.24, 2.45) is 0 Å². The van der Waals surface area contributed by atoms with Crippen LogP contribution in [0.4, 0.5) is 0 Å². The molecule has 5 heteroatoms. The number of para-hydroxylation sites is 1. The molecule has 0 spiro atoms. The number of carbonyl (C=O) groups is 2. The average molecular weight is 389 g/mol. The number of ether oxygens (including phenoxy) is 2. The predicted octanol–water partition coefficient (Wildman–Crippen LogP) is 4.25. The molecular weight excluding hydrogens is 366 g/mol. The summed E-state index contributed by atoms with van der Waals surface area (Å²) >= 11 is 0. The van der Waals surface area contributed by atoms with Gasteiger partial charge in [-0.3, -0.25) is 4.79 Å². The Morgan fingerprint density at radius 1 is 0.828 bits per heavy atom. The van der Waals surface area contributed by atoms with Gasteiger partial charge in [0.1, 0.15) is 12.4 Å². The Morgan fingerprint density at radius 2 is 1.41 bits per heavy atom. The summed E-state index contributed by atoms with van der Waals surface area (Å²) in [5.41, 5.74) is 1.68. The highest BCUT2D eigenvalue weighted by molar-refractivity contribution is 5.93. The number of carbonyl (C=O) groups excluding carboxylic acids is 2. The normalized spacial score (nSPS) is 11.4. The molecule has 0 heterocycles. The summed E-state index contributed by atoms with van der Waals surface area (Å²) in [6.07, 6.45) is -1.01. The lowest BCUT2D eigenvalue weighted by Gasteiger charge is -2.21. The molecule has 0 aliphatic rings. The van der Waals surface area contributed by atoms with Crippen LogP contribution in [0.5, 0.6) is 5.75 Å². The van der Waals surface area contributed by atoms with Crippen molar-refractivity contribution in [1.82, 2.24) is 4.90 Å². The Morgan fingerprint density at radius 3 is 2.07 bits per heavy atom. The first-order valence-corrected chi connectivity index (χ1v) is 9.29. The van der Waals surface area contributed by atoms with Gasteiger partial charge in [0.05, 0.1) is 5.56 Å². The van der Waals surface area contributed by atoms with Crippen LogP contribution in [0.1, 0.15) is 27.6 Å². The van der Waals surface area contributed by atoms with E-state index >= 15 is 0 Å². The molecule has 0 saturated carbocycles. The number of hydrogen-bond donors (Lipinski definition) is 0. The monoisotopic (exact) mass is 389 g/mol. The molecule has 0 aromatic heterocycles. The molecule has 0 N–H and O–H groups in total. The zero-order valence-corrected chi connectivity index (χ0v) is 16.4. The van der Waals surface area contributed by atoms with E-state index in [4.69, 9.17) is 9.47 Å². The Hall–Kier alpha value is -3.60. The van der Waals surface area contributed by atoms with Gasteiger partial charge < -0.3 is 14.4 Å². The van der Waals surface area contributed by atoms with Gasteiger partial charge in [0, 0.05) is 25.2 Å². The van der Waals surface area contributed by atoms with Crippen LogP contribution < -0.4 is 4.74 Å². The topological polar surface area (TPSA) is 55.8 Å². The highest BCUT2D eigenvalue weighted by Gasteiger charge is 2.27. The SMILES string of the molecule is CN(C)C(=O)[C@H](OC(=O)c1ccccc1COc1ccccc1)c1ccccc1. The van der Waals surface area contributed by atoms with E-state index < -0.39 is 12.1 Å². The van der Waals surface area contributed by atoms with Crippen molar-refractivity contribution in [3.63, 3.8) is 0 Å². The lowest BCUT2D eigenvalue weighted by atomic mass is 10.1. The van der Waals surface area contributed by atoms with E-state index in [1.807, 2.05) is 48.5 Å². The summed E-state index contributed by atoms with van der Waals surface area (Å²) in [7, 11) is 3.27. The first kappa shape index (κ1) is 20.1. The zero-order chi connectivity index (χ0) is 20.6. The number of amides is 1. The number of nitrogens with zero attached hydrogens (tertiary/aromatic N) is 1. The van der Waals surface area contributed by atoms with Crippen molar-refractivity contribution in [2.45, 2.75) is 12.7 Å². The third-order valence-corrected chi connectivity index (χ3v) is 4.37. The minimum atomic E-state index is -1.01. The molecule has 0 saturated heterocycles. The maximum atomic E-state index is 12.9. The molecule has 3 aromatic carbocycles.